The summed E-state index contributed by atoms with van der Waals surface area (Å²) < 4.78 is 0. The number of hydrogen-bond acceptors (Lipinski definition) is 3. The summed E-state index contributed by atoms with van der Waals surface area (Å²) in [5, 5.41) is 0.699. The Kier molecular flexibility index (Phi) is 3.26. The molecular formula is C12H18ClN3. The maximum Gasteiger partial charge on any atom is 0.0601 e. The van der Waals surface area contributed by atoms with Crippen LogP contribution in [0.4, 0.5) is 11.4 Å². The van der Waals surface area contributed by atoms with Gasteiger partial charge in [-0.3, -0.25) is 0 Å². The van der Waals surface area contributed by atoms with Gasteiger partial charge in [-0.1, -0.05) is 11.6 Å². The number of likely N-dealkylation sites (N-methyl/N-ethyl adjacent to an activating group) is 1. The Bertz CT molecular complexity index is 379. The minimum Gasteiger partial charge on any atom is -0.397 e. The quantitative estimate of drug-likeness (QED) is 0.802. The van der Waals surface area contributed by atoms with Crippen molar-refractivity contribution in [2.45, 2.75) is 12.5 Å². The average molecular weight is 240 g/mol. The van der Waals surface area contributed by atoms with Gasteiger partial charge in [-0.15, -0.1) is 0 Å². The Morgan fingerprint density at radius 3 is 2.75 bits per heavy atom. The zero-order valence-corrected chi connectivity index (χ0v) is 10.5. The predicted octanol–water partition coefficient (Wildman–Crippen LogP) is 2.06. The molecule has 2 rings (SSSR count). The minimum atomic E-state index is 0.620. The lowest BCUT2D eigenvalue weighted by molar-refractivity contribution is 0.315. The third-order valence-corrected chi connectivity index (χ3v) is 3.46. The molecule has 0 radical (unpaired) electrons. The molecule has 1 aromatic carbocycles. The van der Waals surface area contributed by atoms with Crippen LogP contribution in [0.3, 0.4) is 0 Å². The third kappa shape index (κ3) is 2.25. The average Bonchev–Trinajstić information content (AvgIpc) is 2.66. The van der Waals surface area contributed by atoms with Gasteiger partial charge in [0, 0.05) is 24.2 Å². The molecule has 2 N–H and O–H groups in total. The molecule has 1 fully saturated rings. The fourth-order valence-corrected chi connectivity index (χ4v) is 2.38. The second-order valence-electron chi connectivity index (χ2n) is 4.56. The van der Waals surface area contributed by atoms with Crippen LogP contribution in [0.2, 0.25) is 5.02 Å². The van der Waals surface area contributed by atoms with Crippen molar-refractivity contribution in [1.82, 2.24) is 4.90 Å². The summed E-state index contributed by atoms with van der Waals surface area (Å²) in [5.74, 6) is 0. The molecule has 1 aromatic rings. The van der Waals surface area contributed by atoms with Crippen molar-refractivity contribution in [1.29, 1.82) is 0 Å². The van der Waals surface area contributed by atoms with Crippen LogP contribution in [0.1, 0.15) is 6.42 Å². The summed E-state index contributed by atoms with van der Waals surface area (Å²) in [6.07, 6.45) is 1.19. The topological polar surface area (TPSA) is 32.5 Å². The van der Waals surface area contributed by atoms with Gasteiger partial charge in [0.1, 0.15) is 0 Å². The molecule has 0 saturated carbocycles. The molecule has 0 aromatic heterocycles. The lowest BCUT2D eigenvalue weighted by Gasteiger charge is -2.23. The standard InChI is InChI=1S/C12H18ClN3/c1-15(2)10-5-6-16(8-10)12-4-3-9(13)7-11(12)14/h3-4,7,10H,5-6,8,14H2,1-2H3. The van der Waals surface area contributed by atoms with Crippen LogP contribution >= 0.6 is 11.6 Å². The van der Waals surface area contributed by atoms with Crippen molar-refractivity contribution in [2.75, 3.05) is 37.8 Å². The number of anilines is 2. The van der Waals surface area contributed by atoms with Gasteiger partial charge in [0.2, 0.25) is 0 Å². The number of nitrogens with zero attached hydrogens (tertiary/aromatic N) is 2. The predicted molar refractivity (Wildman–Crippen MR) is 70.2 cm³/mol. The van der Waals surface area contributed by atoms with Crippen LogP contribution in [0.25, 0.3) is 0 Å². The Labute approximate surface area is 102 Å². The van der Waals surface area contributed by atoms with Crippen molar-refractivity contribution >= 4 is 23.0 Å². The maximum absolute atomic E-state index is 5.98. The molecule has 0 bridgehead atoms. The van der Waals surface area contributed by atoms with E-state index in [0.29, 0.717) is 11.1 Å². The van der Waals surface area contributed by atoms with Crippen molar-refractivity contribution in [3.63, 3.8) is 0 Å². The maximum atomic E-state index is 5.98. The summed E-state index contributed by atoms with van der Waals surface area (Å²) in [7, 11) is 4.25. The van der Waals surface area contributed by atoms with E-state index in [4.69, 9.17) is 17.3 Å². The highest BCUT2D eigenvalue weighted by molar-refractivity contribution is 6.31. The van der Waals surface area contributed by atoms with E-state index in [1.807, 2.05) is 18.2 Å². The highest BCUT2D eigenvalue weighted by Gasteiger charge is 2.24. The molecular weight excluding hydrogens is 222 g/mol. The molecule has 1 unspecified atom stereocenters. The lowest BCUT2D eigenvalue weighted by atomic mass is 10.2. The normalized spacial score (nSPS) is 20.8. The molecule has 1 saturated heterocycles. The SMILES string of the molecule is CN(C)C1CCN(c2ccc(Cl)cc2N)C1. The summed E-state index contributed by atoms with van der Waals surface area (Å²) in [6.45, 7) is 2.10. The van der Waals surface area contributed by atoms with Crippen LogP contribution in [0, 0.1) is 0 Å². The van der Waals surface area contributed by atoms with Crippen LogP contribution < -0.4 is 10.6 Å². The Balaban J connectivity index is 2.14. The van der Waals surface area contributed by atoms with Gasteiger partial charge in [-0.25, -0.2) is 0 Å². The number of nitrogen functional groups attached to an aromatic ring is 1. The third-order valence-electron chi connectivity index (χ3n) is 3.22. The van der Waals surface area contributed by atoms with Crippen molar-refractivity contribution in [3.8, 4) is 0 Å². The van der Waals surface area contributed by atoms with E-state index in [0.717, 1.165) is 24.5 Å². The zero-order valence-electron chi connectivity index (χ0n) is 9.78. The van der Waals surface area contributed by atoms with Crippen molar-refractivity contribution < 1.29 is 0 Å². The Hall–Kier alpha value is -0.930. The summed E-state index contributed by atoms with van der Waals surface area (Å²) in [4.78, 5) is 4.60. The molecule has 88 valence electrons. The molecule has 0 spiro atoms. The largest absolute Gasteiger partial charge is 0.397 e. The first-order valence-electron chi connectivity index (χ1n) is 5.54. The summed E-state index contributed by atoms with van der Waals surface area (Å²) in [5.41, 5.74) is 7.86. The number of nitrogens with two attached hydrogens (primary N) is 1. The van der Waals surface area contributed by atoms with Gasteiger partial charge in [-0.05, 0) is 38.7 Å². The second kappa shape index (κ2) is 4.52. The monoisotopic (exact) mass is 239 g/mol. The van der Waals surface area contributed by atoms with Gasteiger partial charge in [0.25, 0.3) is 0 Å². The van der Waals surface area contributed by atoms with Crippen LogP contribution in [0.15, 0.2) is 18.2 Å². The Morgan fingerprint density at radius 1 is 1.44 bits per heavy atom. The van der Waals surface area contributed by atoms with E-state index in [2.05, 4.69) is 23.9 Å². The van der Waals surface area contributed by atoms with E-state index in [-0.39, 0.29) is 0 Å². The summed E-state index contributed by atoms with van der Waals surface area (Å²) >= 11 is 5.90. The van der Waals surface area contributed by atoms with E-state index < -0.39 is 0 Å². The van der Waals surface area contributed by atoms with Crippen LogP contribution in [-0.2, 0) is 0 Å². The molecule has 16 heavy (non-hydrogen) atoms. The van der Waals surface area contributed by atoms with Crippen LogP contribution in [0.5, 0.6) is 0 Å². The first-order valence-corrected chi connectivity index (χ1v) is 5.92. The van der Waals surface area contributed by atoms with Gasteiger partial charge < -0.3 is 15.5 Å². The number of halogens is 1. The van der Waals surface area contributed by atoms with Crippen LogP contribution in [-0.4, -0.2) is 38.1 Å². The minimum absolute atomic E-state index is 0.620. The highest BCUT2D eigenvalue weighted by Crippen LogP contribution is 2.29. The fraction of sp³-hybridized carbons (Fsp3) is 0.500. The second-order valence-corrected chi connectivity index (χ2v) is 4.99. The van der Waals surface area contributed by atoms with E-state index in [9.17, 15) is 0 Å². The highest BCUT2D eigenvalue weighted by atomic mass is 35.5. The molecule has 0 amide bonds. The molecule has 1 atom stereocenters. The summed E-state index contributed by atoms with van der Waals surface area (Å²) in [6, 6.07) is 6.35. The van der Waals surface area contributed by atoms with Gasteiger partial charge in [0.05, 0.1) is 11.4 Å². The van der Waals surface area contributed by atoms with E-state index in [1.165, 1.54) is 6.42 Å². The molecule has 1 heterocycles. The smallest absolute Gasteiger partial charge is 0.0601 e. The molecule has 3 nitrogen and oxygen atoms in total. The Morgan fingerprint density at radius 2 is 2.19 bits per heavy atom. The number of benzene rings is 1. The molecule has 4 heteroatoms. The fourth-order valence-electron chi connectivity index (χ4n) is 2.20. The molecule has 0 aliphatic carbocycles. The van der Waals surface area contributed by atoms with Gasteiger partial charge >= 0.3 is 0 Å². The van der Waals surface area contributed by atoms with E-state index >= 15 is 0 Å². The lowest BCUT2D eigenvalue weighted by Crippen LogP contribution is -2.31. The zero-order chi connectivity index (χ0) is 11.7. The first kappa shape index (κ1) is 11.6. The van der Waals surface area contributed by atoms with Gasteiger partial charge in [0.15, 0.2) is 0 Å². The van der Waals surface area contributed by atoms with Crippen molar-refractivity contribution in [3.05, 3.63) is 23.2 Å². The molecule has 1 aliphatic rings. The van der Waals surface area contributed by atoms with E-state index in [1.54, 1.807) is 0 Å². The van der Waals surface area contributed by atoms with Crippen molar-refractivity contribution in [2.24, 2.45) is 0 Å². The number of hydrogen-bond donors (Lipinski definition) is 1. The van der Waals surface area contributed by atoms with Gasteiger partial charge in [-0.2, -0.15) is 0 Å². The first-order chi connectivity index (χ1) is 7.58. The molecule has 1 aliphatic heterocycles. The number of rotatable bonds is 2.